The Hall–Kier alpha value is -1.55. The molecule has 0 spiro atoms. The second-order valence-corrected chi connectivity index (χ2v) is 3.97. The van der Waals surface area contributed by atoms with E-state index in [1.165, 1.54) is 0 Å². The highest BCUT2D eigenvalue weighted by molar-refractivity contribution is 5.80. The van der Waals surface area contributed by atoms with E-state index in [-0.39, 0.29) is 0 Å². The minimum Gasteiger partial charge on any atom is -0.480 e. The fraction of sp³-hybridized carbons (Fsp3) is 0.364. The number of anilines is 1. The smallest absolute Gasteiger partial charge is 0.325 e. The molecule has 1 aromatic rings. The summed E-state index contributed by atoms with van der Waals surface area (Å²) in [6.45, 7) is 1.08. The molecule has 3 N–H and O–H groups in total. The van der Waals surface area contributed by atoms with E-state index in [0.717, 1.165) is 5.69 Å². The van der Waals surface area contributed by atoms with E-state index < -0.39 is 11.5 Å². The van der Waals surface area contributed by atoms with Crippen molar-refractivity contribution in [3.05, 3.63) is 30.3 Å². The van der Waals surface area contributed by atoms with Crippen LogP contribution < -0.4 is 10.6 Å². The summed E-state index contributed by atoms with van der Waals surface area (Å²) in [5.74, 6) is -0.916. The van der Waals surface area contributed by atoms with Gasteiger partial charge in [0.15, 0.2) is 0 Å². The molecule has 0 radical (unpaired) electrons. The highest BCUT2D eigenvalue weighted by Crippen LogP contribution is 2.24. The van der Waals surface area contributed by atoms with Gasteiger partial charge in [0.05, 0.1) is 0 Å². The van der Waals surface area contributed by atoms with Gasteiger partial charge in [-0.3, -0.25) is 4.79 Å². The summed E-state index contributed by atoms with van der Waals surface area (Å²) in [5.41, 5.74) is 5.73. The van der Waals surface area contributed by atoms with Gasteiger partial charge >= 0.3 is 5.97 Å². The summed E-state index contributed by atoms with van der Waals surface area (Å²) in [7, 11) is 0. The zero-order valence-corrected chi connectivity index (χ0v) is 8.39. The predicted octanol–water partition coefficient (Wildman–Crippen LogP) is 0.679. The zero-order valence-electron chi connectivity index (χ0n) is 8.39. The van der Waals surface area contributed by atoms with Crippen LogP contribution in [-0.2, 0) is 4.79 Å². The van der Waals surface area contributed by atoms with Gasteiger partial charge in [-0.15, -0.1) is 0 Å². The Morgan fingerprint density at radius 1 is 1.40 bits per heavy atom. The molecule has 1 heterocycles. The fourth-order valence-electron chi connectivity index (χ4n) is 1.87. The third-order valence-electron chi connectivity index (χ3n) is 2.85. The van der Waals surface area contributed by atoms with E-state index in [2.05, 4.69) is 0 Å². The number of para-hydroxylation sites is 1. The molecular formula is C11H14N2O2. The number of benzene rings is 1. The molecule has 15 heavy (non-hydrogen) atoms. The average Bonchev–Trinajstić information content (AvgIpc) is 2.64. The molecule has 0 aromatic heterocycles. The Morgan fingerprint density at radius 2 is 2.07 bits per heavy atom. The van der Waals surface area contributed by atoms with Crippen LogP contribution in [0.25, 0.3) is 0 Å². The Balaban J connectivity index is 2.14. The highest BCUT2D eigenvalue weighted by Gasteiger charge is 2.41. The Kier molecular flexibility index (Phi) is 2.36. The lowest BCUT2D eigenvalue weighted by Gasteiger charge is -2.21. The van der Waals surface area contributed by atoms with Crippen LogP contribution in [0, 0.1) is 0 Å². The van der Waals surface area contributed by atoms with Crippen molar-refractivity contribution in [2.45, 2.75) is 12.0 Å². The van der Waals surface area contributed by atoms with Crippen LogP contribution >= 0.6 is 0 Å². The standard InChI is InChI=1S/C11H14N2O2/c12-11(10(14)15)6-7-13(8-11)9-4-2-1-3-5-9/h1-5H,6-8,12H2,(H,14,15). The minimum absolute atomic E-state index is 0.381. The van der Waals surface area contributed by atoms with E-state index in [0.29, 0.717) is 19.5 Å². The molecule has 1 atom stereocenters. The number of nitrogens with two attached hydrogens (primary N) is 1. The summed E-state index contributed by atoms with van der Waals surface area (Å²) in [6, 6.07) is 9.74. The molecule has 0 bridgehead atoms. The van der Waals surface area contributed by atoms with E-state index in [1.54, 1.807) is 0 Å². The van der Waals surface area contributed by atoms with E-state index >= 15 is 0 Å². The lowest BCUT2D eigenvalue weighted by Crippen LogP contribution is -2.50. The maximum atomic E-state index is 10.9. The van der Waals surface area contributed by atoms with Crippen molar-refractivity contribution in [1.29, 1.82) is 0 Å². The summed E-state index contributed by atoms with van der Waals surface area (Å²) >= 11 is 0. The third kappa shape index (κ3) is 1.80. The van der Waals surface area contributed by atoms with Crippen LogP contribution in [0.3, 0.4) is 0 Å². The quantitative estimate of drug-likeness (QED) is 0.746. The summed E-state index contributed by atoms with van der Waals surface area (Å²) in [5, 5.41) is 8.99. The lowest BCUT2D eigenvalue weighted by atomic mass is 10.0. The topological polar surface area (TPSA) is 66.6 Å². The number of carbonyl (C=O) groups is 1. The molecule has 1 unspecified atom stereocenters. The second kappa shape index (κ2) is 3.55. The maximum absolute atomic E-state index is 10.9. The largest absolute Gasteiger partial charge is 0.480 e. The van der Waals surface area contributed by atoms with Gasteiger partial charge in [-0.25, -0.2) is 0 Å². The van der Waals surface area contributed by atoms with Crippen molar-refractivity contribution in [2.24, 2.45) is 5.73 Å². The first kappa shape index (κ1) is 9.98. The van der Waals surface area contributed by atoms with Crippen LogP contribution in [0.15, 0.2) is 30.3 Å². The predicted molar refractivity (Wildman–Crippen MR) is 57.8 cm³/mol. The first-order valence-electron chi connectivity index (χ1n) is 4.94. The van der Waals surface area contributed by atoms with Crippen molar-refractivity contribution < 1.29 is 9.90 Å². The first-order chi connectivity index (χ1) is 7.12. The molecule has 0 amide bonds. The van der Waals surface area contributed by atoms with Crippen molar-refractivity contribution in [1.82, 2.24) is 0 Å². The minimum atomic E-state index is -1.09. The third-order valence-corrected chi connectivity index (χ3v) is 2.85. The van der Waals surface area contributed by atoms with Crippen molar-refractivity contribution >= 4 is 11.7 Å². The second-order valence-electron chi connectivity index (χ2n) is 3.97. The van der Waals surface area contributed by atoms with Gasteiger partial charge in [0, 0.05) is 18.8 Å². The van der Waals surface area contributed by atoms with E-state index in [9.17, 15) is 4.79 Å². The number of carboxylic acid groups (broad SMARTS) is 1. The van der Waals surface area contributed by atoms with Gasteiger partial charge in [-0.05, 0) is 18.6 Å². The lowest BCUT2D eigenvalue weighted by molar-refractivity contribution is -0.142. The number of carboxylic acids is 1. The molecule has 1 aromatic carbocycles. The SMILES string of the molecule is NC1(C(=O)O)CCN(c2ccccc2)C1. The molecule has 0 saturated carbocycles. The molecule has 2 rings (SSSR count). The van der Waals surface area contributed by atoms with E-state index in [1.807, 2.05) is 35.2 Å². The van der Waals surface area contributed by atoms with Gasteiger partial charge in [0.25, 0.3) is 0 Å². The van der Waals surface area contributed by atoms with Crippen molar-refractivity contribution in [2.75, 3.05) is 18.0 Å². The van der Waals surface area contributed by atoms with Gasteiger partial charge in [-0.1, -0.05) is 18.2 Å². The number of aliphatic carboxylic acids is 1. The average molecular weight is 206 g/mol. The Morgan fingerprint density at radius 3 is 2.60 bits per heavy atom. The van der Waals surface area contributed by atoms with Crippen molar-refractivity contribution in [3.63, 3.8) is 0 Å². The number of hydrogen-bond acceptors (Lipinski definition) is 3. The molecule has 1 saturated heterocycles. The summed E-state index contributed by atoms with van der Waals surface area (Å²) in [4.78, 5) is 13.0. The molecule has 1 fully saturated rings. The fourth-order valence-corrected chi connectivity index (χ4v) is 1.87. The summed E-state index contributed by atoms with van der Waals surface area (Å²) in [6.07, 6.45) is 0.497. The zero-order chi connectivity index (χ0) is 10.9. The molecule has 1 aliphatic heterocycles. The van der Waals surface area contributed by atoms with Gasteiger partial charge in [-0.2, -0.15) is 0 Å². The number of rotatable bonds is 2. The van der Waals surface area contributed by atoms with Crippen LogP contribution in [0.4, 0.5) is 5.69 Å². The van der Waals surface area contributed by atoms with Gasteiger partial charge in [0.1, 0.15) is 5.54 Å². The van der Waals surface area contributed by atoms with Crippen LogP contribution in [0.1, 0.15) is 6.42 Å². The Bertz CT molecular complexity index is 366. The van der Waals surface area contributed by atoms with Gasteiger partial charge in [0.2, 0.25) is 0 Å². The van der Waals surface area contributed by atoms with E-state index in [4.69, 9.17) is 10.8 Å². The molecule has 4 nitrogen and oxygen atoms in total. The normalized spacial score (nSPS) is 25.5. The molecule has 1 aliphatic rings. The molecular weight excluding hydrogens is 192 g/mol. The summed E-state index contributed by atoms with van der Waals surface area (Å²) < 4.78 is 0. The Labute approximate surface area is 88.3 Å². The van der Waals surface area contributed by atoms with Crippen LogP contribution in [0.5, 0.6) is 0 Å². The van der Waals surface area contributed by atoms with Crippen molar-refractivity contribution in [3.8, 4) is 0 Å². The van der Waals surface area contributed by atoms with Crippen LogP contribution in [0.2, 0.25) is 0 Å². The number of nitrogens with zero attached hydrogens (tertiary/aromatic N) is 1. The maximum Gasteiger partial charge on any atom is 0.325 e. The molecule has 80 valence electrons. The first-order valence-corrected chi connectivity index (χ1v) is 4.94. The number of hydrogen-bond donors (Lipinski definition) is 2. The monoisotopic (exact) mass is 206 g/mol. The van der Waals surface area contributed by atoms with Gasteiger partial charge < -0.3 is 15.7 Å². The molecule has 4 heteroatoms. The van der Waals surface area contributed by atoms with Crippen LogP contribution in [-0.4, -0.2) is 29.7 Å². The molecule has 0 aliphatic carbocycles. The highest BCUT2D eigenvalue weighted by atomic mass is 16.4.